The van der Waals surface area contributed by atoms with E-state index < -0.39 is 6.04 Å². The van der Waals surface area contributed by atoms with Crippen molar-refractivity contribution in [1.29, 1.82) is 0 Å². The van der Waals surface area contributed by atoms with Gasteiger partial charge >= 0.3 is 5.97 Å². The number of amides is 1. The topological polar surface area (TPSA) is 81.4 Å². The van der Waals surface area contributed by atoms with Crippen LogP contribution in [0.3, 0.4) is 0 Å². The summed E-state index contributed by atoms with van der Waals surface area (Å²) in [6.07, 6.45) is 0.118. The first-order chi connectivity index (χ1) is 8.09. The van der Waals surface area contributed by atoms with E-state index in [0.717, 1.165) is 0 Å². The van der Waals surface area contributed by atoms with Gasteiger partial charge in [0, 0.05) is 6.54 Å². The zero-order chi connectivity index (χ0) is 12.7. The summed E-state index contributed by atoms with van der Waals surface area (Å²) in [7, 11) is 0. The Labute approximate surface area is 99.9 Å². The highest BCUT2D eigenvalue weighted by Gasteiger charge is 2.08. The molecule has 1 aromatic carbocycles. The molecule has 0 radical (unpaired) electrons. The standard InChI is InChI=1S/C12H16N2O3/c1-9(13)12(16)14-8-7-11(15)17-10-5-3-2-4-6-10/h2-6,9H,7-8,13H2,1H3,(H,14,16)/t9-/m0/s1. The monoisotopic (exact) mass is 236 g/mol. The Balaban J connectivity index is 2.25. The number of carbonyl (C=O) groups is 2. The molecule has 0 bridgehead atoms. The zero-order valence-corrected chi connectivity index (χ0v) is 9.68. The van der Waals surface area contributed by atoms with Crippen LogP contribution in [0, 0.1) is 0 Å². The quantitative estimate of drug-likeness (QED) is 0.574. The SMILES string of the molecule is C[C@H](N)C(=O)NCCC(=O)Oc1ccccc1. The van der Waals surface area contributed by atoms with Crippen molar-refractivity contribution in [1.82, 2.24) is 5.32 Å². The van der Waals surface area contributed by atoms with E-state index in [-0.39, 0.29) is 24.8 Å². The minimum atomic E-state index is -0.569. The molecule has 0 aromatic heterocycles. The van der Waals surface area contributed by atoms with Gasteiger partial charge in [0.15, 0.2) is 0 Å². The van der Waals surface area contributed by atoms with Crippen LogP contribution in [0.15, 0.2) is 30.3 Å². The molecule has 0 aliphatic rings. The molecule has 0 aliphatic carbocycles. The predicted octanol–water partition coefficient (Wildman–Crippen LogP) is 0.445. The summed E-state index contributed by atoms with van der Waals surface area (Å²) in [4.78, 5) is 22.5. The molecular weight excluding hydrogens is 220 g/mol. The number of esters is 1. The van der Waals surface area contributed by atoms with Gasteiger partial charge in [0.05, 0.1) is 12.5 Å². The van der Waals surface area contributed by atoms with Gasteiger partial charge in [-0.3, -0.25) is 9.59 Å². The third-order valence-corrected chi connectivity index (χ3v) is 2.02. The largest absolute Gasteiger partial charge is 0.426 e. The van der Waals surface area contributed by atoms with Crippen molar-refractivity contribution >= 4 is 11.9 Å². The molecule has 1 rings (SSSR count). The molecule has 1 aromatic rings. The molecule has 0 saturated carbocycles. The molecule has 0 spiro atoms. The van der Waals surface area contributed by atoms with Crippen molar-refractivity contribution in [3.63, 3.8) is 0 Å². The summed E-state index contributed by atoms with van der Waals surface area (Å²) < 4.78 is 5.04. The lowest BCUT2D eigenvalue weighted by Crippen LogP contribution is -2.39. The van der Waals surface area contributed by atoms with E-state index in [1.54, 1.807) is 31.2 Å². The molecule has 17 heavy (non-hydrogen) atoms. The average Bonchev–Trinajstić information content (AvgIpc) is 2.30. The second-order valence-electron chi connectivity index (χ2n) is 3.62. The zero-order valence-electron chi connectivity index (χ0n) is 9.68. The Morgan fingerprint density at radius 2 is 2.00 bits per heavy atom. The van der Waals surface area contributed by atoms with Gasteiger partial charge in [-0.05, 0) is 19.1 Å². The molecule has 0 saturated heterocycles. The van der Waals surface area contributed by atoms with E-state index in [1.165, 1.54) is 0 Å². The van der Waals surface area contributed by atoms with Crippen LogP contribution in [-0.2, 0) is 9.59 Å². The molecule has 1 amide bonds. The summed E-state index contributed by atoms with van der Waals surface area (Å²) in [6.45, 7) is 1.81. The Morgan fingerprint density at radius 1 is 1.35 bits per heavy atom. The summed E-state index contributed by atoms with van der Waals surface area (Å²) in [5.41, 5.74) is 5.35. The maximum absolute atomic E-state index is 11.4. The normalized spacial score (nSPS) is 11.6. The maximum Gasteiger partial charge on any atom is 0.312 e. The van der Waals surface area contributed by atoms with Crippen LogP contribution in [0.2, 0.25) is 0 Å². The first-order valence-electron chi connectivity index (χ1n) is 5.38. The number of ether oxygens (including phenoxy) is 1. The van der Waals surface area contributed by atoms with Crippen molar-refractivity contribution in [3.05, 3.63) is 30.3 Å². The molecule has 0 aliphatic heterocycles. The van der Waals surface area contributed by atoms with Crippen LogP contribution >= 0.6 is 0 Å². The van der Waals surface area contributed by atoms with E-state index in [4.69, 9.17) is 10.5 Å². The molecular formula is C12H16N2O3. The van der Waals surface area contributed by atoms with Crippen molar-refractivity contribution in [2.75, 3.05) is 6.54 Å². The summed E-state index contributed by atoms with van der Waals surface area (Å²) in [5.74, 6) is -0.172. The molecule has 0 heterocycles. The van der Waals surface area contributed by atoms with E-state index in [9.17, 15) is 9.59 Å². The van der Waals surface area contributed by atoms with E-state index >= 15 is 0 Å². The molecule has 5 heteroatoms. The molecule has 3 N–H and O–H groups in total. The highest BCUT2D eigenvalue weighted by molar-refractivity contribution is 5.81. The van der Waals surface area contributed by atoms with Gasteiger partial charge in [-0.25, -0.2) is 0 Å². The number of rotatable bonds is 5. The molecule has 5 nitrogen and oxygen atoms in total. The van der Waals surface area contributed by atoms with Gasteiger partial charge in [-0.2, -0.15) is 0 Å². The summed E-state index contributed by atoms with van der Waals surface area (Å²) in [6, 6.07) is 8.21. The highest BCUT2D eigenvalue weighted by atomic mass is 16.5. The fourth-order valence-electron chi connectivity index (χ4n) is 1.12. The van der Waals surface area contributed by atoms with E-state index in [1.807, 2.05) is 6.07 Å². The molecule has 0 fully saturated rings. The van der Waals surface area contributed by atoms with Crippen LogP contribution in [0.5, 0.6) is 5.75 Å². The van der Waals surface area contributed by atoms with Crippen molar-refractivity contribution in [3.8, 4) is 5.75 Å². The third kappa shape index (κ3) is 5.12. The lowest BCUT2D eigenvalue weighted by molar-refractivity contribution is -0.134. The Hall–Kier alpha value is -1.88. The lowest BCUT2D eigenvalue weighted by Gasteiger charge is -2.07. The van der Waals surface area contributed by atoms with Gasteiger partial charge in [-0.15, -0.1) is 0 Å². The van der Waals surface area contributed by atoms with E-state index in [0.29, 0.717) is 5.75 Å². The van der Waals surface area contributed by atoms with Gasteiger partial charge in [0.2, 0.25) is 5.91 Å². The number of hydrogen-bond donors (Lipinski definition) is 2. The number of carbonyl (C=O) groups excluding carboxylic acids is 2. The van der Waals surface area contributed by atoms with Gasteiger partial charge in [-0.1, -0.05) is 18.2 Å². The number of benzene rings is 1. The Morgan fingerprint density at radius 3 is 2.59 bits per heavy atom. The first-order valence-corrected chi connectivity index (χ1v) is 5.38. The number of para-hydroxylation sites is 1. The summed E-state index contributed by atoms with van der Waals surface area (Å²) >= 11 is 0. The summed E-state index contributed by atoms with van der Waals surface area (Å²) in [5, 5.41) is 2.53. The Bertz CT molecular complexity index is 377. The van der Waals surface area contributed by atoms with Crippen molar-refractivity contribution < 1.29 is 14.3 Å². The van der Waals surface area contributed by atoms with Crippen LogP contribution in [-0.4, -0.2) is 24.5 Å². The first kappa shape index (κ1) is 13.2. The minimum Gasteiger partial charge on any atom is -0.426 e. The molecule has 1 atom stereocenters. The van der Waals surface area contributed by atoms with Crippen LogP contribution in [0.1, 0.15) is 13.3 Å². The average molecular weight is 236 g/mol. The fraction of sp³-hybridized carbons (Fsp3) is 0.333. The van der Waals surface area contributed by atoms with E-state index in [2.05, 4.69) is 5.32 Å². The number of nitrogens with two attached hydrogens (primary N) is 1. The smallest absolute Gasteiger partial charge is 0.312 e. The van der Waals surface area contributed by atoms with Gasteiger partial charge < -0.3 is 15.8 Å². The van der Waals surface area contributed by atoms with Crippen LogP contribution in [0.25, 0.3) is 0 Å². The Kier molecular flexibility index (Phi) is 5.16. The second-order valence-corrected chi connectivity index (χ2v) is 3.62. The fourth-order valence-corrected chi connectivity index (χ4v) is 1.12. The lowest BCUT2D eigenvalue weighted by atomic mass is 10.3. The van der Waals surface area contributed by atoms with Crippen LogP contribution in [0.4, 0.5) is 0 Å². The third-order valence-electron chi connectivity index (χ3n) is 2.02. The molecule has 0 unspecified atom stereocenters. The van der Waals surface area contributed by atoms with Gasteiger partial charge in [0.1, 0.15) is 5.75 Å². The van der Waals surface area contributed by atoms with Crippen molar-refractivity contribution in [2.45, 2.75) is 19.4 Å². The van der Waals surface area contributed by atoms with Crippen molar-refractivity contribution in [2.24, 2.45) is 5.73 Å². The van der Waals surface area contributed by atoms with Gasteiger partial charge in [0.25, 0.3) is 0 Å². The van der Waals surface area contributed by atoms with Crippen LogP contribution < -0.4 is 15.8 Å². The maximum atomic E-state index is 11.4. The minimum absolute atomic E-state index is 0.118. The molecule has 92 valence electrons. The number of hydrogen-bond acceptors (Lipinski definition) is 4. The predicted molar refractivity (Wildman–Crippen MR) is 63.4 cm³/mol. The highest BCUT2D eigenvalue weighted by Crippen LogP contribution is 2.08. The second kappa shape index (κ2) is 6.65. The number of nitrogens with one attached hydrogen (secondary N) is 1.